The van der Waals surface area contributed by atoms with Crippen molar-refractivity contribution in [3.05, 3.63) is 42.2 Å². The number of rotatable bonds is 11. The summed E-state index contributed by atoms with van der Waals surface area (Å²) in [7, 11) is 1.87. The van der Waals surface area contributed by atoms with E-state index in [2.05, 4.69) is 25.0 Å². The van der Waals surface area contributed by atoms with Crippen molar-refractivity contribution in [1.29, 1.82) is 0 Å². The van der Waals surface area contributed by atoms with E-state index in [-0.39, 0.29) is 18.3 Å². The molecule has 0 aliphatic carbocycles. The van der Waals surface area contributed by atoms with Gasteiger partial charge in [-0.15, -0.1) is 5.10 Å². The monoisotopic (exact) mass is 575 g/mol. The van der Waals surface area contributed by atoms with Gasteiger partial charge in [-0.05, 0) is 12.1 Å². The normalized spacial score (nSPS) is 15.1. The molecule has 0 spiro atoms. The van der Waals surface area contributed by atoms with Gasteiger partial charge in [0.1, 0.15) is 11.6 Å². The zero-order valence-electron chi connectivity index (χ0n) is 22.3. The van der Waals surface area contributed by atoms with Crippen LogP contribution in [0.15, 0.2) is 34.9 Å². The number of anilines is 3. The molecule has 15 heteroatoms. The van der Waals surface area contributed by atoms with Crippen LogP contribution in [0, 0.1) is 11.6 Å². The van der Waals surface area contributed by atoms with Crippen LogP contribution >= 0.6 is 0 Å². The second-order valence-electron chi connectivity index (χ2n) is 9.47. The summed E-state index contributed by atoms with van der Waals surface area (Å²) in [6.45, 7) is 4.11. The second kappa shape index (κ2) is 12.2. The molecule has 1 aromatic carbocycles. The molecule has 0 amide bonds. The predicted molar refractivity (Wildman–Crippen MR) is 148 cm³/mol. The molecule has 4 aromatic rings. The molecule has 0 saturated carbocycles. The predicted octanol–water partition coefficient (Wildman–Crippen LogP) is 2.05. The molecule has 1 aliphatic heterocycles. The highest BCUT2D eigenvalue weighted by Gasteiger charge is 2.23. The van der Waals surface area contributed by atoms with E-state index in [1.54, 1.807) is 18.4 Å². The smallest absolute Gasteiger partial charge is 0.259 e. The van der Waals surface area contributed by atoms with Crippen molar-refractivity contribution in [1.82, 2.24) is 29.5 Å². The Hall–Kier alpha value is -3.69. The number of aromatic nitrogens is 5. The Morgan fingerprint density at radius 1 is 1.15 bits per heavy atom. The molecular weight excluding hydrogens is 544 g/mol. The number of furan rings is 1. The number of benzene rings is 1. The largest absolute Gasteiger partial charge is 0.617 e. The molecule has 1 atom stereocenters. The van der Waals surface area contributed by atoms with E-state index >= 15 is 0 Å². The number of ether oxygens (including phenoxy) is 1. The average molecular weight is 576 g/mol. The maximum absolute atomic E-state index is 14.6. The van der Waals surface area contributed by atoms with Crippen LogP contribution in [0.4, 0.5) is 26.4 Å². The minimum Gasteiger partial charge on any atom is -0.617 e. The lowest BCUT2D eigenvalue weighted by Crippen LogP contribution is -2.48. The average Bonchev–Trinajstić information content (AvgIpc) is 3.61. The van der Waals surface area contributed by atoms with Crippen LogP contribution in [-0.4, -0.2) is 99.0 Å². The first-order chi connectivity index (χ1) is 19.3. The van der Waals surface area contributed by atoms with Gasteiger partial charge in [-0.3, -0.25) is 4.90 Å². The van der Waals surface area contributed by atoms with E-state index in [9.17, 15) is 13.3 Å². The van der Waals surface area contributed by atoms with Gasteiger partial charge in [-0.2, -0.15) is 19.5 Å². The number of hydrogen-bond donors (Lipinski definition) is 1. The molecule has 5 rings (SSSR count). The highest BCUT2D eigenvalue weighted by Crippen LogP contribution is 2.29. The lowest BCUT2D eigenvalue weighted by molar-refractivity contribution is 0.262. The highest BCUT2D eigenvalue weighted by molar-refractivity contribution is 7.90. The minimum atomic E-state index is -0.943. The van der Waals surface area contributed by atoms with E-state index in [1.807, 2.05) is 16.8 Å². The number of nitrogen functional groups attached to an aromatic ring is 1. The van der Waals surface area contributed by atoms with Crippen molar-refractivity contribution in [3.63, 3.8) is 0 Å². The molecule has 1 fully saturated rings. The lowest BCUT2D eigenvalue weighted by atomic mass is 10.2. The van der Waals surface area contributed by atoms with Crippen LogP contribution in [0.1, 0.15) is 6.42 Å². The Morgan fingerprint density at radius 3 is 2.67 bits per heavy atom. The van der Waals surface area contributed by atoms with E-state index < -0.39 is 22.8 Å². The molecule has 0 radical (unpaired) electrons. The molecule has 1 saturated heterocycles. The van der Waals surface area contributed by atoms with Gasteiger partial charge in [0.25, 0.3) is 5.78 Å². The van der Waals surface area contributed by atoms with Gasteiger partial charge >= 0.3 is 0 Å². The molecule has 214 valence electrons. The third-order valence-corrected chi connectivity index (χ3v) is 7.47. The number of nitrogens with two attached hydrogens (primary N) is 1. The number of fused-ring (bicyclic) bond motifs is 1. The lowest BCUT2D eigenvalue weighted by Gasteiger charge is -2.37. The SMILES string of the molecule is CN(CCN1CCN(c2cc(OCCC[S@+](C)[O-])c(F)cc2F)CC1)c1nc(N)n2nc(-c3ccco3)nc2n1. The molecule has 3 aromatic heterocycles. The maximum atomic E-state index is 14.6. The second-order valence-corrected chi connectivity index (χ2v) is 11.0. The first-order valence-electron chi connectivity index (χ1n) is 12.8. The summed E-state index contributed by atoms with van der Waals surface area (Å²) in [5.41, 5.74) is 6.42. The number of halogens is 2. The van der Waals surface area contributed by atoms with Crippen molar-refractivity contribution in [2.45, 2.75) is 6.42 Å². The van der Waals surface area contributed by atoms with Crippen molar-refractivity contribution >= 4 is 34.5 Å². The first kappa shape index (κ1) is 27.9. The Morgan fingerprint density at radius 2 is 1.95 bits per heavy atom. The van der Waals surface area contributed by atoms with Crippen LogP contribution in [0.2, 0.25) is 0 Å². The Kier molecular flexibility index (Phi) is 8.52. The molecule has 4 heterocycles. The number of nitrogens with zero attached hydrogens (tertiary/aromatic N) is 8. The summed E-state index contributed by atoms with van der Waals surface area (Å²) < 4.78 is 52.3. The Labute approximate surface area is 232 Å². The van der Waals surface area contributed by atoms with Gasteiger partial charge in [-0.1, -0.05) is 11.2 Å². The molecule has 2 N–H and O–H groups in total. The summed E-state index contributed by atoms with van der Waals surface area (Å²) in [5.74, 6) is 0.883. The summed E-state index contributed by atoms with van der Waals surface area (Å²) in [6.07, 6.45) is 3.67. The molecule has 12 nitrogen and oxygen atoms in total. The van der Waals surface area contributed by atoms with Gasteiger partial charge in [0.15, 0.2) is 17.3 Å². The van der Waals surface area contributed by atoms with E-state index in [0.29, 0.717) is 73.9 Å². The van der Waals surface area contributed by atoms with Crippen LogP contribution < -0.4 is 20.3 Å². The van der Waals surface area contributed by atoms with Gasteiger partial charge in [-0.25, -0.2) is 8.78 Å². The summed E-state index contributed by atoms with van der Waals surface area (Å²) in [5, 5.41) is 4.31. The Bertz CT molecular complexity index is 1430. The quantitative estimate of drug-likeness (QED) is 0.208. The summed E-state index contributed by atoms with van der Waals surface area (Å²) >= 11 is -0.943. The van der Waals surface area contributed by atoms with Crippen molar-refractivity contribution in [3.8, 4) is 17.3 Å². The zero-order valence-corrected chi connectivity index (χ0v) is 23.1. The van der Waals surface area contributed by atoms with E-state index in [1.165, 1.54) is 16.8 Å². The van der Waals surface area contributed by atoms with E-state index in [0.717, 1.165) is 12.6 Å². The van der Waals surface area contributed by atoms with E-state index in [4.69, 9.17) is 14.9 Å². The standard InChI is InChI=1S/C25H31F2N9O3S/c1-33(24-30-23(28)36-25(31-24)29-22(32-36)20-5-3-12-38-20)6-7-34-8-10-35(11-9-34)19-16-21(18(27)15-17(19)26)39-13-4-14-40(2)37/h3,5,12,15-16H,4,6-11,13-14H2,1-2H3,(H2,28,29,30,31,32)/t40-/m0/s1. The Balaban J connectivity index is 1.15. The fourth-order valence-corrected chi connectivity index (χ4v) is 4.92. The molecule has 40 heavy (non-hydrogen) atoms. The molecular formula is C25H31F2N9O3S. The van der Waals surface area contributed by atoms with Crippen LogP contribution in [0.5, 0.6) is 5.75 Å². The fraction of sp³-hybridized carbons (Fsp3) is 0.440. The molecule has 1 aliphatic rings. The fourth-order valence-electron chi connectivity index (χ4n) is 4.39. The number of piperazine rings is 1. The summed E-state index contributed by atoms with van der Waals surface area (Å²) in [4.78, 5) is 19.3. The van der Waals surface area contributed by atoms with Crippen LogP contribution in [-0.2, 0) is 11.2 Å². The van der Waals surface area contributed by atoms with Crippen LogP contribution in [0.25, 0.3) is 17.4 Å². The highest BCUT2D eigenvalue weighted by atomic mass is 32.2. The van der Waals surface area contributed by atoms with Gasteiger partial charge < -0.3 is 29.2 Å². The zero-order chi connectivity index (χ0) is 28.2. The maximum Gasteiger partial charge on any atom is 0.259 e. The third kappa shape index (κ3) is 6.37. The molecule has 0 unspecified atom stereocenters. The van der Waals surface area contributed by atoms with Gasteiger partial charge in [0.2, 0.25) is 17.7 Å². The molecule has 0 bridgehead atoms. The number of hydrogen-bond acceptors (Lipinski definition) is 11. The van der Waals surface area contributed by atoms with Crippen molar-refractivity contribution < 1.29 is 22.5 Å². The topological polar surface area (TPSA) is 137 Å². The van der Waals surface area contributed by atoms with Crippen molar-refractivity contribution in [2.24, 2.45) is 0 Å². The number of likely N-dealkylation sites (N-methyl/N-ethyl adjacent to an activating group) is 1. The third-order valence-electron chi connectivity index (χ3n) is 6.60. The van der Waals surface area contributed by atoms with Crippen LogP contribution in [0.3, 0.4) is 0 Å². The van der Waals surface area contributed by atoms with Gasteiger partial charge in [0.05, 0.1) is 24.8 Å². The first-order valence-corrected chi connectivity index (χ1v) is 14.6. The minimum absolute atomic E-state index is 0.00235. The van der Waals surface area contributed by atoms with Crippen molar-refractivity contribution in [2.75, 3.05) is 80.5 Å². The summed E-state index contributed by atoms with van der Waals surface area (Å²) in [6, 6.07) is 5.77. The van der Waals surface area contributed by atoms with Gasteiger partial charge in [0, 0.05) is 64.9 Å².